The summed E-state index contributed by atoms with van der Waals surface area (Å²) in [4.78, 5) is 16.3. The van der Waals surface area contributed by atoms with Crippen molar-refractivity contribution in [3.63, 3.8) is 0 Å². The lowest BCUT2D eigenvalue weighted by molar-refractivity contribution is 0.102. The Kier molecular flexibility index (Phi) is 3.45. The van der Waals surface area contributed by atoms with Gasteiger partial charge in [-0.15, -0.1) is 10.2 Å². The van der Waals surface area contributed by atoms with Gasteiger partial charge in [0.2, 0.25) is 5.95 Å². The normalized spacial score (nSPS) is 13.8. The predicted octanol–water partition coefficient (Wildman–Crippen LogP) is 1.82. The van der Waals surface area contributed by atoms with Crippen molar-refractivity contribution in [2.24, 2.45) is 0 Å². The van der Waals surface area contributed by atoms with E-state index in [1.54, 1.807) is 6.20 Å². The molecule has 6 heteroatoms. The Labute approximate surface area is 117 Å². The van der Waals surface area contributed by atoms with Gasteiger partial charge in [-0.1, -0.05) is 6.92 Å². The van der Waals surface area contributed by atoms with Crippen molar-refractivity contribution in [1.82, 2.24) is 19.7 Å². The number of aromatic nitrogens is 4. The summed E-state index contributed by atoms with van der Waals surface area (Å²) < 4.78 is 1.98. The fourth-order valence-corrected chi connectivity index (χ4v) is 2.38. The van der Waals surface area contributed by atoms with Gasteiger partial charge in [0.05, 0.1) is 0 Å². The average molecular weight is 271 g/mol. The molecule has 20 heavy (non-hydrogen) atoms. The van der Waals surface area contributed by atoms with Crippen LogP contribution in [0.1, 0.15) is 41.6 Å². The molecule has 1 N–H and O–H groups in total. The zero-order valence-electron chi connectivity index (χ0n) is 11.5. The molecule has 0 unspecified atom stereocenters. The van der Waals surface area contributed by atoms with Crippen molar-refractivity contribution in [3.8, 4) is 0 Å². The van der Waals surface area contributed by atoms with E-state index in [9.17, 15) is 4.79 Å². The summed E-state index contributed by atoms with van der Waals surface area (Å²) in [6.07, 6.45) is 5.69. The van der Waals surface area contributed by atoms with E-state index < -0.39 is 0 Å². The van der Waals surface area contributed by atoms with Gasteiger partial charge in [-0.05, 0) is 37.0 Å². The van der Waals surface area contributed by atoms with Gasteiger partial charge < -0.3 is 0 Å². The van der Waals surface area contributed by atoms with Gasteiger partial charge in [0.15, 0.2) is 0 Å². The molecule has 0 spiro atoms. The van der Waals surface area contributed by atoms with E-state index in [1.807, 2.05) is 23.6 Å². The van der Waals surface area contributed by atoms with E-state index in [4.69, 9.17) is 0 Å². The maximum Gasteiger partial charge on any atom is 0.276 e. The highest BCUT2D eigenvalue weighted by molar-refractivity contribution is 6.01. The molecule has 0 aliphatic carbocycles. The number of amides is 1. The number of fused-ring (bicyclic) bond motifs is 1. The number of carbonyl (C=O) groups excluding carboxylic acids is 1. The summed E-state index contributed by atoms with van der Waals surface area (Å²) in [5.41, 5.74) is 1.51. The fourth-order valence-electron chi connectivity index (χ4n) is 2.38. The Balaban J connectivity index is 1.80. The Hall–Kier alpha value is -2.24. The maximum absolute atomic E-state index is 12.2. The second-order valence-electron chi connectivity index (χ2n) is 4.91. The van der Waals surface area contributed by atoms with Gasteiger partial charge in [-0.2, -0.15) is 0 Å². The van der Waals surface area contributed by atoms with Crippen LogP contribution in [0.25, 0.3) is 0 Å². The molecule has 1 aliphatic rings. The molecule has 104 valence electrons. The first-order valence-electron chi connectivity index (χ1n) is 6.96. The first kappa shape index (κ1) is 12.8. The minimum absolute atomic E-state index is 0.235. The molecule has 2 aromatic rings. The molecule has 1 aliphatic heterocycles. The first-order valence-corrected chi connectivity index (χ1v) is 6.96. The molecular weight excluding hydrogens is 254 g/mol. The van der Waals surface area contributed by atoms with Gasteiger partial charge in [-0.3, -0.25) is 19.7 Å². The number of carbonyl (C=O) groups is 1. The molecule has 6 nitrogen and oxygen atoms in total. The number of nitrogens with one attached hydrogen (secondary N) is 1. The SMILES string of the molecule is CCc1ccnc(C(=O)Nc2nnc3n2CCCC3)c1. The summed E-state index contributed by atoms with van der Waals surface area (Å²) in [5, 5.41) is 11.0. The molecule has 0 atom stereocenters. The lowest BCUT2D eigenvalue weighted by atomic mass is 10.2. The van der Waals surface area contributed by atoms with Gasteiger partial charge in [-0.25, -0.2) is 0 Å². The number of aryl methyl sites for hydroxylation is 2. The zero-order valence-corrected chi connectivity index (χ0v) is 11.5. The van der Waals surface area contributed by atoms with Gasteiger partial charge in [0, 0.05) is 19.2 Å². The molecular formula is C14H17N5O. The number of rotatable bonds is 3. The molecule has 0 saturated heterocycles. The number of hydrogen-bond donors (Lipinski definition) is 1. The van der Waals surface area contributed by atoms with E-state index in [1.165, 1.54) is 0 Å². The van der Waals surface area contributed by atoms with Crippen LogP contribution in [0.4, 0.5) is 5.95 Å². The number of nitrogens with zero attached hydrogens (tertiary/aromatic N) is 4. The monoisotopic (exact) mass is 271 g/mol. The summed E-state index contributed by atoms with van der Waals surface area (Å²) in [7, 11) is 0. The average Bonchev–Trinajstić information content (AvgIpc) is 2.90. The first-order chi connectivity index (χ1) is 9.78. The van der Waals surface area contributed by atoms with Gasteiger partial charge in [0.1, 0.15) is 11.5 Å². The van der Waals surface area contributed by atoms with E-state index in [2.05, 4.69) is 20.5 Å². The summed E-state index contributed by atoms with van der Waals surface area (Å²) in [6.45, 7) is 2.91. The molecule has 3 heterocycles. The topological polar surface area (TPSA) is 72.7 Å². The predicted molar refractivity (Wildman–Crippen MR) is 74.5 cm³/mol. The molecule has 3 rings (SSSR count). The molecule has 0 bridgehead atoms. The van der Waals surface area contributed by atoms with Crippen LogP contribution in [0, 0.1) is 0 Å². The van der Waals surface area contributed by atoms with Crippen LogP contribution in [0.2, 0.25) is 0 Å². The third kappa shape index (κ3) is 2.41. The van der Waals surface area contributed by atoms with Crippen molar-refractivity contribution in [2.45, 2.75) is 39.2 Å². The van der Waals surface area contributed by atoms with Gasteiger partial charge >= 0.3 is 0 Å². The molecule has 0 fully saturated rings. The molecule has 0 saturated carbocycles. The van der Waals surface area contributed by atoms with Crippen molar-refractivity contribution in [1.29, 1.82) is 0 Å². The van der Waals surface area contributed by atoms with Crippen molar-refractivity contribution in [2.75, 3.05) is 5.32 Å². The minimum atomic E-state index is -0.235. The minimum Gasteiger partial charge on any atom is -0.297 e. The summed E-state index contributed by atoms with van der Waals surface area (Å²) in [6, 6.07) is 3.72. The lowest BCUT2D eigenvalue weighted by Crippen LogP contribution is -2.19. The summed E-state index contributed by atoms with van der Waals surface area (Å²) >= 11 is 0. The number of pyridine rings is 1. The largest absolute Gasteiger partial charge is 0.297 e. The van der Waals surface area contributed by atoms with Gasteiger partial charge in [0.25, 0.3) is 5.91 Å². The van der Waals surface area contributed by atoms with Crippen LogP contribution in [-0.4, -0.2) is 25.7 Å². The van der Waals surface area contributed by atoms with E-state index >= 15 is 0 Å². The highest BCUT2D eigenvalue weighted by atomic mass is 16.2. The van der Waals surface area contributed by atoms with E-state index in [-0.39, 0.29) is 5.91 Å². The van der Waals surface area contributed by atoms with Crippen molar-refractivity contribution in [3.05, 3.63) is 35.4 Å². The van der Waals surface area contributed by atoms with E-state index in [0.717, 1.165) is 43.6 Å². The molecule has 0 radical (unpaired) electrons. The van der Waals surface area contributed by atoms with Crippen LogP contribution < -0.4 is 5.32 Å². The maximum atomic E-state index is 12.2. The molecule has 0 aromatic carbocycles. The second-order valence-corrected chi connectivity index (χ2v) is 4.91. The van der Waals surface area contributed by atoms with Crippen LogP contribution in [0.5, 0.6) is 0 Å². The Morgan fingerprint density at radius 3 is 3.15 bits per heavy atom. The number of hydrogen-bond acceptors (Lipinski definition) is 4. The standard InChI is InChI=1S/C14H17N5O/c1-2-10-6-7-15-11(9-10)13(20)16-14-18-17-12-5-3-4-8-19(12)14/h6-7,9H,2-5,8H2,1H3,(H,16,18,20). The quantitative estimate of drug-likeness (QED) is 0.924. The van der Waals surface area contributed by atoms with Crippen LogP contribution >= 0.6 is 0 Å². The zero-order chi connectivity index (χ0) is 13.9. The van der Waals surface area contributed by atoms with Crippen LogP contribution in [0.15, 0.2) is 18.3 Å². The third-order valence-corrected chi connectivity index (χ3v) is 3.55. The number of anilines is 1. The van der Waals surface area contributed by atoms with Crippen molar-refractivity contribution < 1.29 is 4.79 Å². The van der Waals surface area contributed by atoms with Crippen LogP contribution in [-0.2, 0) is 19.4 Å². The molecule has 1 amide bonds. The lowest BCUT2D eigenvalue weighted by Gasteiger charge is -2.14. The Morgan fingerprint density at radius 2 is 2.30 bits per heavy atom. The van der Waals surface area contributed by atoms with Crippen LogP contribution in [0.3, 0.4) is 0 Å². The molecule has 2 aromatic heterocycles. The van der Waals surface area contributed by atoms with E-state index in [0.29, 0.717) is 11.6 Å². The second kappa shape index (κ2) is 5.40. The highest BCUT2D eigenvalue weighted by Crippen LogP contribution is 2.17. The fraction of sp³-hybridized carbons (Fsp3) is 0.429. The highest BCUT2D eigenvalue weighted by Gasteiger charge is 2.18. The smallest absolute Gasteiger partial charge is 0.276 e. The van der Waals surface area contributed by atoms with Crippen molar-refractivity contribution >= 4 is 11.9 Å². The third-order valence-electron chi connectivity index (χ3n) is 3.55. The Bertz CT molecular complexity index is 634. The summed E-state index contributed by atoms with van der Waals surface area (Å²) in [5.74, 6) is 1.23. The Morgan fingerprint density at radius 1 is 1.40 bits per heavy atom.